The van der Waals surface area contributed by atoms with Crippen LogP contribution in [0.15, 0.2) is 22.7 Å². The van der Waals surface area contributed by atoms with Gasteiger partial charge in [0.05, 0.1) is 7.11 Å². The van der Waals surface area contributed by atoms with E-state index in [0.717, 1.165) is 29.2 Å². The Morgan fingerprint density at radius 3 is 2.95 bits per heavy atom. The van der Waals surface area contributed by atoms with E-state index in [-0.39, 0.29) is 0 Å². The minimum atomic E-state index is 0.502. The summed E-state index contributed by atoms with van der Waals surface area (Å²) in [4.78, 5) is 2.51. The molecule has 1 aliphatic heterocycles. The van der Waals surface area contributed by atoms with Crippen molar-refractivity contribution < 1.29 is 4.74 Å². The number of ether oxygens (including phenoxy) is 1. The van der Waals surface area contributed by atoms with Crippen LogP contribution in [0.3, 0.4) is 0 Å². The van der Waals surface area contributed by atoms with Crippen LogP contribution in [0.25, 0.3) is 0 Å². The third-order valence-electron chi connectivity index (χ3n) is 3.80. The molecule has 4 heteroatoms. The fraction of sp³-hybridized carbons (Fsp3) is 0.600. The molecule has 0 amide bonds. The highest BCUT2D eigenvalue weighted by Gasteiger charge is 2.21. The van der Waals surface area contributed by atoms with E-state index >= 15 is 0 Å². The van der Waals surface area contributed by atoms with Crippen molar-refractivity contribution in [3.63, 3.8) is 0 Å². The number of rotatable bonds is 4. The lowest BCUT2D eigenvalue weighted by Crippen LogP contribution is -2.35. The minimum Gasteiger partial charge on any atom is -0.497 e. The molecule has 1 unspecified atom stereocenters. The normalized spacial score (nSPS) is 21.1. The highest BCUT2D eigenvalue weighted by Crippen LogP contribution is 2.26. The Morgan fingerprint density at radius 2 is 2.21 bits per heavy atom. The molecule has 1 aromatic carbocycles. The molecule has 1 fully saturated rings. The minimum absolute atomic E-state index is 0.502. The zero-order valence-corrected chi connectivity index (χ0v) is 13.7. The van der Waals surface area contributed by atoms with E-state index in [1.54, 1.807) is 7.11 Å². The molecule has 0 bridgehead atoms. The van der Waals surface area contributed by atoms with Gasteiger partial charge in [-0.25, -0.2) is 0 Å². The van der Waals surface area contributed by atoms with Gasteiger partial charge in [0.1, 0.15) is 5.75 Å². The molecule has 0 aliphatic carbocycles. The van der Waals surface area contributed by atoms with Gasteiger partial charge in [-0.2, -0.15) is 0 Å². The van der Waals surface area contributed by atoms with Gasteiger partial charge in [0.15, 0.2) is 0 Å². The summed E-state index contributed by atoms with van der Waals surface area (Å²) in [6.45, 7) is 2.08. The van der Waals surface area contributed by atoms with Crippen LogP contribution < -0.4 is 4.74 Å². The van der Waals surface area contributed by atoms with Gasteiger partial charge >= 0.3 is 0 Å². The van der Waals surface area contributed by atoms with Crippen molar-refractivity contribution in [3.8, 4) is 5.75 Å². The van der Waals surface area contributed by atoms with Crippen molar-refractivity contribution >= 4 is 27.5 Å². The Labute approximate surface area is 129 Å². The summed E-state index contributed by atoms with van der Waals surface area (Å²) in [6.07, 6.45) is 5.11. The first kappa shape index (κ1) is 15.1. The van der Waals surface area contributed by atoms with Crippen LogP contribution in [0.4, 0.5) is 0 Å². The summed E-state index contributed by atoms with van der Waals surface area (Å²) in [5.41, 5.74) is 1.27. The van der Waals surface area contributed by atoms with Crippen molar-refractivity contribution in [1.29, 1.82) is 0 Å². The van der Waals surface area contributed by atoms with Crippen LogP contribution in [0.2, 0.25) is 0 Å². The Kier molecular flexibility index (Phi) is 5.99. The van der Waals surface area contributed by atoms with Gasteiger partial charge in [0, 0.05) is 22.9 Å². The van der Waals surface area contributed by atoms with Crippen molar-refractivity contribution in [1.82, 2.24) is 4.90 Å². The van der Waals surface area contributed by atoms with E-state index in [1.807, 2.05) is 6.07 Å². The number of nitrogens with zero attached hydrogens (tertiary/aromatic N) is 1. The first-order valence-electron chi connectivity index (χ1n) is 6.87. The number of halogens is 2. The standard InChI is InChI=1S/C15H21BrClNO/c1-19-14-6-7-15(16)12(9-14)11-18-8-4-2-3-5-13(18)10-17/h6-7,9,13H,2-5,8,10-11H2,1H3. The third-order valence-corrected chi connectivity index (χ3v) is 4.93. The molecule has 0 radical (unpaired) electrons. The monoisotopic (exact) mass is 345 g/mol. The Balaban J connectivity index is 2.13. The van der Waals surface area contributed by atoms with Crippen LogP contribution >= 0.6 is 27.5 Å². The molecule has 1 heterocycles. The average Bonchev–Trinajstić information content (AvgIpc) is 2.66. The van der Waals surface area contributed by atoms with Gasteiger partial charge in [-0.05, 0) is 43.1 Å². The van der Waals surface area contributed by atoms with Crippen LogP contribution in [0.1, 0.15) is 31.2 Å². The molecule has 1 saturated heterocycles. The summed E-state index contributed by atoms with van der Waals surface area (Å²) in [7, 11) is 1.71. The smallest absolute Gasteiger partial charge is 0.119 e. The zero-order valence-electron chi connectivity index (χ0n) is 11.4. The molecule has 19 heavy (non-hydrogen) atoms. The maximum absolute atomic E-state index is 6.13. The number of methoxy groups -OCH3 is 1. The maximum atomic E-state index is 6.13. The fourth-order valence-corrected chi connectivity index (χ4v) is 3.36. The van der Waals surface area contributed by atoms with Gasteiger partial charge < -0.3 is 4.74 Å². The first-order chi connectivity index (χ1) is 9.24. The molecule has 0 N–H and O–H groups in total. The summed E-state index contributed by atoms with van der Waals surface area (Å²) < 4.78 is 6.46. The highest BCUT2D eigenvalue weighted by atomic mass is 79.9. The van der Waals surface area contributed by atoms with Crippen molar-refractivity contribution in [2.24, 2.45) is 0 Å². The molecular formula is C15H21BrClNO. The molecular weight excluding hydrogens is 326 g/mol. The van der Waals surface area contributed by atoms with Crippen molar-refractivity contribution in [3.05, 3.63) is 28.2 Å². The number of hydrogen-bond acceptors (Lipinski definition) is 2. The van der Waals surface area contributed by atoms with Gasteiger partial charge in [-0.3, -0.25) is 4.90 Å². The van der Waals surface area contributed by atoms with E-state index in [4.69, 9.17) is 16.3 Å². The molecule has 0 saturated carbocycles. The van der Waals surface area contributed by atoms with Gasteiger partial charge in [-0.1, -0.05) is 28.8 Å². The maximum Gasteiger partial charge on any atom is 0.119 e. The van der Waals surface area contributed by atoms with Crippen molar-refractivity contribution in [2.45, 2.75) is 38.3 Å². The summed E-state index contributed by atoms with van der Waals surface area (Å²) in [5.74, 6) is 1.64. The highest BCUT2D eigenvalue weighted by molar-refractivity contribution is 9.10. The van der Waals surface area contributed by atoms with Crippen LogP contribution in [0.5, 0.6) is 5.75 Å². The largest absolute Gasteiger partial charge is 0.497 e. The number of alkyl halides is 1. The van der Waals surface area contributed by atoms with Crippen molar-refractivity contribution in [2.75, 3.05) is 19.5 Å². The molecule has 1 aromatic rings. The summed E-state index contributed by atoms with van der Waals surface area (Å²) in [5, 5.41) is 0. The van der Waals surface area contributed by atoms with E-state index in [1.165, 1.54) is 31.2 Å². The van der Waals surface area contributed by atoms with E-state index in [0.29, 0.717) is 6.04 Å². The number of benzene rings is 1. The number of likely N-dealkylation sites (tertiary alicyclic amines) is 1. The second-order valence-corrected chi connectivity index (χ2v) is 6.25. The predicted molar refractivity (Wildman–Crippen MR) is 84.1 cm³/mol. The fourth-order valence-electron chi connectivity index (χ4n) is 2.64. The average molecular weight is 347 g/mol. The molecule has 0 aromatic heterocycles. The quantitative estimate of drug-likeness (QED) is 0.747. The Bertz CT molecular complexity index is 413. The van der Waals surface area contributed by atoms with Gasteiger partial charge in [-0.15, -0.1) is 11.6 Å². The van der Waals surface area contributed by atoms with Crippen LogP contribution in [-0.2, 0) is 6.54 Å². The van der Waals surface area contributed by atoms with E-state index < -0.39 is 0 Å². The van der Waals surface area contributed by atoms with E-state index in [2.05, 4.69) is 33.0 Å². The second-order valence-electron chi connectivity index (χ2n) is 5.09. The van der Waals surface area contributed by atoms with E-state index in [9.17, 15) is 0 Å². The first-order valence-corrected chi connectivity index (χ1v) is 8.19. The lowest BCUT2D eigenvalue weighted by atomic mass is 10.1. The van der Waals surface area contributed by atoms with Crippen LogP contribution in [0, 0.1) is 0 Å². The molecule has 106 valence electrons. The van der Waals surface area contributed by atoms with Gasteiger partial charge in [0.25, 0.3) is 0 Å². The lowest BCUT2D eigenvalue weighted by Gasteiger charge is -2.28. The van der Waals surface area contributed by atoms with Gasteiger partial charge in [0.2, 0.25) is 0 Å². The summed E-state index contributed by atoms with van der Waals surface area (Å²) >= 11 is 9.77. The van der Waals surface area contributed by atoms with Crippen LogP contribution in [-0.4, -0.2) is 30.5 Å². The Morgan fingerprint density at radius 1 is 1.37 bits per heavy atom. The molecule has 0 spiro atoms. The molecule has 1 aliphatic rings. The second kappa shape index (κ2) is 7.51. The zero-order chi connectivity index (χ0) is 13.7. The lowest BCUT2D eigenvalue weighted by molar-refractivity contribution is 0.206. The Hall–Kier alpha value is -0.250. The summed E-state index contributed by atoms with van der Waals surface area (Å²) in [6, 6.07) is 6.65. The SMILES string of the molecule is COc1ccc(Br)c(CN2CCCCCC2CCl)c1. The number of hydrogen-bond donors (Lipinski definition) is 0. The molecule has 2 rings (SSSR count). The predicted octanol–water partition coefficient (Wildman–Crippen LogP) is 4.44. The molecule has 2 nitrogen and oxygen atoms in total. The molecule has 1 atom stereocenters. The third kappa shape index (κ3) is 4.11. The topological polar surface area (TPSA) is 12.5 Å².